The SMILES string of the molecule is CN(Cc1ccccc1)C(=O)CN1CCCC(CN(C)C(=O)OC(C)(C)C)C1. The highest BCUT2D eigenvalue weighted by Crippen LogP contribution is 2.19. The number of benzene rings is 1. The Morgan fingerprint density at radius 3 is 2.46 bits per heavy atom. The van der Waals surface area contributed by atoms with Crippen molar-refractivity contribution in [1.82, 2.24) is 14.7 Å². The van der Waals surface area contributed by atoms with Crippen molar-refractivity contribution in [3.05, 3.63) is 35.9 Å². The topological polar surface area (TPSA) is 53.1 Å². The Kier molecular flexibility index (Phi) is 7.87. The second kappa shape index (κ2) is 9.92. The van der Waals surface area contributed by atoms with Crippen molar-refractivity contribution in [2.75, 3.05) is 40.3 Å². The molecule has 6 nitrogen and oxygen atoms in total. The van der Waals surface area contributed by atoms with Gasteiger partial charge in [-0.15, -0.1) is 0 Å². The molecule has 1 aliphatic rings. The number of carbonyl (C=O) groups excluding carboxylic acids is 2. The van der Waals surface area contributed by atoms with Crippen LogP contribution < -0.4 is 0 Å². The van der Waals surface area contributed by atoms with Gasteiger partial charge >= 0.3 is 6.09 Å². The molecule has 1 unspecified atom stereocenters. The van der Waals surface area contributed by atoms with E-state index in [-0.39, 0.29) is 12.0 Å². The van der Waals surface area contributed by atoms with E-state index in [0.29, 0.717) is 25.6 Å². The van der Waals surface area contributed by atoms with E-state index in [9.17, 15) is 9.59 Å². The van der Waals surface area contributed by atoms with Crippen molar-refractivity contribution in [2.45, 2.75) is 45.8 Å². The molecule has 1 atom stereocenters. The molecule has 1 saturated heterocycles. The molecule has 1 fully saturated rings. The van der Waals surface area contributed by atoms with Crippen molar-refractivity contribution in [2.24, 2.45) is 5.92 Å². The predicted molar refractivity (Wildman–Crippen MR) is 111 cm³/mol. The van der Waals surface area contributed by atoms with Crippen molar-refractivity contribution in [1.29, 1.82) is 0 Å². The minimum Gasteiger partial charge on any atom is -0.444 e. The second-order valence-electron chi connectivity index (χ2n) is 8.84. The summed E-state index contributed by atoms with van der Waals surface area (Å²) >= 11 is 0. The van der Waals surface area contributed by atoms with Gasteiger partial charge in [-0.05, 0) is 51.6 Å². The highest BCUT2D eigenvalue weighted by atomic mass is 16.6. The van der Waals surface area contributed by atoms with E-state index in [1.165, 1.54) is 0 Å². The Hall–Kier alpha value is -2.08. The predicted octanol–water partition coefficient (Wildman–Crippen LogP) is 3.22. The summed E-state index contributed by atoms with van der Waals surface area (Å²) in [7, 11) is 3.64. The van der Waals surface area contributed by atoms with Crippen LogP contribution in [-0.2, 0) is 16.1 Å². The number of rotatable bonds is 6. The fourth-order valence-electron chi connectivity index (χ4n) is 3.50. The van der Waals surface area contributed by atoms with E-state index in [4.69, 9.17) is 4.74 Å². The Bertz CT molecular complexity index is 642. The molecule has 0 spiro atoms. The molecule has 1 aromatic carbocycles. The Morgan fingerprint density at radius 1 is 1.14 bits per heavy atom. The normalized spacial score (nSPS) is 17.8. The van der Waals surface area contributed by atoms with Crippen molar-refractivity contribution < 1.29 is 14.3 Å². The molecule has 0 aromatic heterocycles. The lowest BCUT2D eigenvalue weighted by molar-refractivity contribution is -0.132. The molecule has 156 valence electrons. The van der Waals surface area contributed by atoms with Crippen LogP contribution in [0.25, 0.3) is 0 Å². The van der Waals surface area contributed by atoms with Crippen LogP contribution >= 0.6 is 0 Å². The van der Waals surface area contributed by atoms with E-state index in [1.807, 2.05) is 58.2 Å². The second-order valence-corrected chi connectivity index (χ2v) is 8.84. The van der Waals surface area contributed by atoms with Crippen LogP contribution in [0.1, 0.15) is 39.2 Å². The molecule has 0 radical (unpaired) electrons. The van der Waals surface area contributed by atoms with Gasteiger partial charge in [0, 0.05) is 33.7 Å². The van der Waals surface area contributed by atoms with Crippen LogP contribution in [0.15, 0.2) is 30.3 Å². The third kappa shape index (κ3) is 7.50. The number of nitrogens with zero attached hydrogens (tertiary/aromatic N) is 3. The average Bonchev–Trinajstić information content (AvgIpc) is 2.61. The van der Waals surface area contributed by atoms with Crippen LogP contribution in [0.3, 0.4) is 0 Å². The summed E-state index contributed by atoms with van der Waals surface area (Å²) in [6.45, 7) is 9.08. The van der Waals surface area contributed by atoms with Crippen LogP contribution in [0, 0.1) is 5.92 Å². The number of hydrogen-bond donors (Lipinski definition) is 0. The largest absolute Gasteiger partial charge is 0.444 e. The monoisotopic (exact) mass is 389 g/mol. The summed E-state index contributed by atoms with van der Waals surface area (Å²) in [5, 5.41) is 0. The van der Waals surface area contributed by atoms with Crippen molar-refractivity contribution in [3.63, 3.8) is 0 Å². The van der Waals surface area contributed by atoms with Gasteiger partial charge in [0.2, 0.25) is 5.91 Å². The molecule has 2 amide bonds. The van der Waals surface area contributed by atoms with E-state index in [0.717, 1.165) is 31.5 Å². The Balaban J connectivity index is 1.80. The van der Waals surface area contributed by atoms with Gasteiger partial charge in [-0.2, -0.15) is 0 Å². The maximum atomic E-state index is 12.6. The maximum Gasteiger partial charge on any atom is 0.410 e. The molecule has 28 heavy (non-hydrogen) atoms. The molecule has 0 N–H and O–H groups in total. The van der Waals surface area contributed by atoms with Gasteiger partial charge < -0.3 is 14.5 Å². The molecule has 2 rings (SSSR count). The van der Waals surface area contributed by atoms with E-state index >= 15 is 0 Å². The number of piperidine rings is 1. The van der Waals surface area contributed by atoms with Crippen LogP contribution in [0.5, 0.6) is 0 Å². The third-order valence-corrected chi connectivity index (χ3v) is 4.89. The zero-order valence-electron chi connectivity index (χ0n) is 18.0. The lowest BCUT2D eigenvalue weighted by atomic mass is 9.97. The van der Waals surface area contributed by atoms with Crippen molar-refractivity contribution >= 4 is 12.0 Å². The first kappa shape index (κ1) is 22.2. The summed E-state index contributed by atoms with van der Waals surface area (Å²) < 4.78 is 5.43. The summed E-state index contributed by atoms with van der Waals surface area (Å²) in [6, 6.07) is 10.0. The Morgan fingerprint density at radius 2 is 1.82 bits per heavy atom. The fourth-order valence-corrected chi connectivity index (χ4v) is 3.50. The van der Waals surface area contributed by atoms with Gasteiger partial charge in [0.05, 0.1) is 6.54 Å². The van der Waals surface area contributed by atoms with Crippen LogP contribution in [0.2, 0.25) is 0 Å². The molecular formula is C22H35N3O3. The van der Waals surface area contributed by atoms with Gasteiger partial charge in [-0.3, -0.25) is 9.69 Å². The van der Waals surface area contributed by atoms with Gasteiger partial charge in [-0.25, -0.2) is 4.79 Å². The minimum atomic E-state index is -0.486. The number of ether oxygens (including phenoxy) is 1. The Labute approximate surface area is 169 Å². The number of carbonyl (C=O) groups is 2. The third-order valence-electron chi connectivity index (χ3n) is 4.89. The highest BCUT2D eigenvalue weighted by Gasteiger charge is 2.26. The van der Waals surface area contributed by atoms with Gasteiger partial charge in [0.25, 0.3) is 0 Å². The first-order chi connectivity index (χ1) is 13.1. The first-order valence-electron chi connectivity index (χ1n) is 10.1. The molecule has 6 heteroatoms. The van der Waals surface area contributed by atoms with Gasteiger partial charge in [0.1, 0.15) is 5.60 Å². The zero-order valence-corrected chi connectivity index (χ0v) is 18.0. The summed E-state index contributed by atoms with van der Waals surface area (Å²) in [6.07, 6.45) is 1.82. The quantitative estimate of drug-likeness (QED) is 0.750. The van der Waals surface area contributed by atoms with Crippen LogP contribution in [0.4, 0.5) is 4.79 Å². The number of hydrogen-bond acceptors (Lipinski definition) is 4. The average molecular weight is 390 g/mol. The van der Waals surface area contributed by atoms with E-state index in [2.05, 4.69) is 4.90 Å². The minimum absolute atomic E-state index is 0.130. The zero-order chi connectivity index (χ0) is 20.7. The summed E-state index contributed by atoms with van der Waals surface area (Å²) in [5.41, 5.74) is 0.647. The van der Waals surface area contributed by atoms with Gasteiger partial charge in [-0.1, -0.05) is 30.3 Å². The van der Waals surface area contributed by atoms with Gasteiger partial charge in [0.15, 0.2) is 0 Å². The summed E-state index contributed by atoms with van der Waals surface area (Å²) in [5.74, 6) is 0.489. The van der Waals surface area contributed by atoms with E-state index < -0.39 is 5.60 Å². The molecule has 0 saturated carbocycles. The lowest BCUT2D eigenvalue weighted by Crippen LogP contribution is -2.46. The summed E-state index contributed by atoms with van der Waals surface area (Å²) in [4.78, 5) is 30.4. The maximum absolute atomic E-state index is 12.6. The molecule has 0 aliphatic carbocycles. The molecule has 1 aliphatic heterocycles. The number of likely N-dealkylation sites (tertiary alicyclic amines) is 1. The lowest BCUT2D eigenvalue weighted by Gasteiger charge is -2.35. The number of amides is 2. The molecule has 1 heterocycles. The highest BCUT2D eigenvalue weighted by molar-refractivity contribution is 5.78. The molecule has 1 aromatic rings. The first-order valence-corrected chi connectivity index (χ1v) is 10.1. The standard InChI is InChI=1S/C22H35N3O3/c1-22(2,3)28-21(27)24(5)15-19-12-9-13-25(16-19)17-20(26)23(4)14-18-10-7-6-8-11-18/h6-8,10-11,19H,9,12-17H2,1-5H3. The molecule has 0 bridgehead atoms. The smallest absolute Gasteiger partial charge is 0.410 e. The fraction of sp³-hybridized carbons (Fsp3) is 0.636. The van der Waals surface area contributed by atoms with Crippen LogP contribution in [-0.4, -0.2) is 72.6 Å². The molecular weight excluding hydrogens is 354 g/mol. The van der Waals surface area contributed by atoms with Crippen molar-refractivity contribution in [3.8, 4) is 0 Å². The van der Waals surface area contributed by atoms with E-state index in [1.54, 1.807) is 16.8 Å². The number of likely N-dealkylation sites (N-methyl/N-ethyl adjacent to an activating group) is 1.